The van der Waals surface area contributed by atoms with Gasteiger partial charge in [-0.05, 0) is 50.1 Å². The first kappa shape index (κ1) is 19.8. The largest absolute Gasteiger partial charge is 0.504 e. The van der Waals surface area contributed by atoms with Gasteiger partial charge in [0.15, 0.2) is 11.4 Å². The molecule has 0 radical (unpaired) electrons. The van der Waals surface area contributed by atoms with E-state index in [9.17, 15) is 19.1 Å². The molecule has 0 atom stereocenters. The monoisotopic (exact) mass is 390 g/mol. The van der Waals surface area contributed by atoms with E-state index in [1.807, 2.05) is 11.8 Å². The Morgan fingerprint density at radius 3 is 2.71 bits per heavy atom. The van der Waals surface area contributed by atoms with E-state index in [1.54, 1.807) is 6.92 Å². The van der Waals surface area contributed by atoms with Crippen LogP contribution in [0.25, 0.3) is 5.69 Å². The minimum absolute atomic E-state index is 0.0238. The summed E-state index contributed by atoms with van der Waals surface area (Å²) >= 11 is 0. The zero-order valence-corrected chi connectivity index (χ0v) is 15.7. The van der Waals surface area contributed by atoms with Gasteiger partial charge in [0.1, 0.15) is 5.82 Å². The third kappa shape index (κ3) is 4.14. The average Bonchev–Trinajstić information content (AvgIpc) is 2.97. The Morgan fingerprint density at radius 1 is 1.39 bits per heavy atom. The van der Waals surface area contributed by atoms with Gasteiger partial charge in [0, 0.05) is 12.1 Å². The Bertz CT molecular complexity index is 892. The summed E-state index contributed by atoms with van der Waals surface area (Å²) in [6.45, 7) is 4.21. The molecule has 0 unspecified atom stereocenters. The molecule has 0 bridgehead atoms. The Balaban J connectivity index is 1.63. The van der Waals surface area contributed by atoms with Gasteiger partial charge in [-0.1, -0.05) is 6.92 Å². The standard InChI is InChI=1S/C19H23FN4O4/c1-3-23(10-17(26)27)14-7-13(8-14)21-19(28)18-16(25)9-24(22-18)15-5-4-12(20)6-11(15)2/h4-6,9,13-14,25H,3,7-8,10H2,1-2H3,(H,21,28)(H,26,27). The van der Waals surface area contributed by atoms with Gasteiger partial charge >= 0.3 is 5.97 Å². The second-order valence-electron chi connectivity index (χ2n) is 6.99. The molecule has 1 aromatic carbocycles. The summed E-state index contributed by atoms with van der Waals surface area (Å²) < 4.78 is 14.6. The number of halogens is 1. The van der Waals surface area contributed by atoms with Crippen LogP contribution in [0.1, 0.15) is 35.8 Å². The third-order valence-corrected chi connectivity index (χ3v) is 5.02. The second-order valence-corrected chi connectivity index (χ2v) is 6.99. The van der Waals surface area contributed by atoms with E-state index < -0.39 is 11.9 Å². The van der Waals surface area contributed by atoms with Crippen molar-refractivity contribution in [2.24, 2.45) is 0 Å². The van der Waals surface area contributed by atoms with Crippen LogP contribution in [0.2, 0.25) is 0 Å². The van der Waals surface area contributed by atoms with Gasteiger partial charge in [0.05, 0.1) is 18.4 Å². The van der Waals surface area contributed by atoms with Crippen LogP contribution < -0.4 is 5.32 Å². The first-order chi connectivity index (χ1) is 13.3. The van der Waals surface area contributed by atoms with E-state index in [4.69, 9.17) is 5.11 Å². The Labute approximate surface area is 161 Å². The third-order valence-electron chi connectivity index (χ3n) is 5.02. The lowest BCUT2D eigenvalue weighted by molar-refractivity contribution is -0.139. The number of benzene rings is 1. The van der Waals surface area contributed by atoms with Gasteiger partial charge in [-0.25, -0.2) is 9.07 Å². The van der Waals surface area contributed by atoms with Crippen molar-refractivity contribution in [3.8, 4) is 11.4 Å². The maximum Gasteiger partial charge on any atom is 0.317 e. The smallest absolute Gasteiger partial charge is 0.317 e. The van der Waals surface area contributed by atoms with Gasteiger partial charge in [0.25, 0.3) is 5.91 Å². The Kier molecular flexibility index (Phi) is 5.64. The number of carbonyl (C=O) groups is 2. The van der Waals surface area contributed by atoms with E-state index in [0.29, 0.717) is 30.6 Å². The Hall–Kier alpha value is -2.94. The number of rotatable bonds is 7. The van der Waals surface area contributed by atoms with Gasteiger partial charge in [0.2, 0.25) is 0 Å². The molecule has 1 heterocycles. The van der Waals surface area contributed by atoms with Crippen LogP contribution in [-0.4, -0.2) is 61.9 Å². The molecule has 2 aromatic rings. The molecule has 1 amide bonds. The van der Waals surface area contributed by atoms with Crippen LogP contribution in [-0.2, 0) is 4.79 Å². The lowest BCUT2D eigenvalue weighted by atomic mass is 9.85. The molecule has 1 fully saturated rings. The zero-order valence-electron chi connectivity index (χ0n) is 15.7. The number of carboxylic acids is 1. The summed E-state index contributed by atoms with van der Waals surface area (Å²) in [4.78, 5) is 25.2. The number of likely N-dealkylation sites (N-methyl/N-ethyl adjacent to an activating group) is 1. The van der Waals surface area contributed by atoms with E-state index >= 15 is 0 Å². The predicted octanol–water partition coefficient (Wildman–Crippen LogP) is 1.69. The zero-order chi connectivity index (χ0) is 20.4. The molecule has 9 heteroatoms. The fourth-order valence-corrected chi connectivity index (χ4v) is 3.46. The summed E-state index contributed by atoms with van der Waals surface area (Å²) in [6, 6.07) is 4.17. The van der Waals surface area contributed by atoms with Crippen molar-refractivity contribution in [1.82, 2.24) is 20.0 Å². The van der Waals surface area contributed by atoms with Crippen molar-refractivity contribution in [1.29, 1.82) is 0 Å². The fraction of sp³-hybridized carbons (Fsp3) is 0.421. The van der Waals surface area contributed by atoms with Crippen LogP contribution in [0, 0.1) is 12.7 Å². The molecular formula is C19H23FN4O4. The number of amides is 1. The molecule has 1 saturated carbocycles. The van der Waals surface area contributed by atoms with Crippen molar-refractivity contribution >= 4 is 11.9 Å². The molecule has 28 heavy (non-hydrogen) atoms. The van der Waals surface area contributed by atoms with Crippen LogP contribution in [0.15, 0.2) is 24.4 Å². The molecule has 0 spiro atoms. The fourth-order valence-electron chi connectivity index (χ4n) is 3.46. The van der Waals surface area contributed by atoms with Gasteiger partial charge in [-0.3, -0.25) is 14.5 Å². The summed E-state index contributed by atoms with van der Waals surface area (Å²) in [7, 11) is 0. The van der Waals surface area contributed by atoms with E-state index in [0.717, 1.165) is 0 Å². The normalized spacial score (nSPS) is 18.7. The van der Waals surface area contributed by atoms with Crippen molar-refractivity contribution in [2.45, 2.75) is 38.8 Å². The average molecular weight is 390 g/mol. The number of aromatic nitrogens is 2. The number of nitrogens with zero attached hydrogens (tertiary/aromatic N) is 3. The highest BCUT2D eigenvalue weighted by Crippen LogP contribution is 2.27. The minimum Gasteiger partial charge on any atom is -0.504 e. The van der Waals surface area contributed by atoms with Crippen LogP contribution >= 0.6 is 0 Å². The highest BCUT2D eigenvalue weighted by atomic mass is 19.1. The lowest BCUT2D eigenvalue weighted by Crippen LogP contribution is -2.54. The number of aromatic hydroxyl groups is 1. The first-order valence-electron chi connectivity index (χ1n) is 9.10. The molecule has 3 rings (SSSR count). The quantitative estimate of drug-likeness (QED) is 0.664. The highest BCUT2D eigenvalue weighted by Gasteiger charge is 2.35. The lowest BCUT2D eigenvalue weighted by Gasteiger charge is -2.42. The summed E-state index contributed by atoms with van der Waals surface area (Å²) in [5, 5.41) is 26.0. The molecule has 150 valence electrons. The highest BCUT2D eigenvalue weighted by molar-refractivity contribution is 5.95. The SMILES string of the molecule is CCN(CC(=O)O)C1CC(NC(=O)c2nn(-c3ccc(F)cc3C)cc2O)C1. The molecule has 1 aliphatic rings. The summed E-state index contributed by atoms with van der Waals surface area (Å²) in [5.74, 6) is -2.01. The summed E-state index contributed by atoms with van der Waals surface area (Å²) in [6.07, 6.45) is 2.60. The number of hydrogen-bond donors (Lipinski definition) is 3. The number of carbonyl (C=O) groups excluding carboxylic acids is 1. The van der Waals surface area contributed by atoms with Crippen LogP contribution in [0.3, 0.4) is 0 Å². The van der Waals surface area contributed by atoms with Gasteiger partial charge < -0.3 is 15.5 Å². The number of aryl methyl sites for hydroxylation is 1. The molecule has 1 aliphatic carbocycles. The molecule has 0 saturated heterocycles. The molecule has 3 N–H and O–H groups in total. The molecule has 1 aromatic heterocycles. The molecule has 8 nitrogen and oxygen atoms in total. The topological polar surface area (TPSA) is 108 Å². The molecule has 0 aliphatic heterocycles. The van der Waals surface area contributed by atoms with E-state index in [-0.39, 0.29) is 35.9 Å². The van der Waals surface area contributed by atoms with E-state index in [1.165, 1.54) is 29.1 Å². The maximum absolute atomic E-state index is 13.3. The number of aliphatic carboxylic acids is 1. The maximum atomic E-state index is 13.3. The molecular weight excluding hydrogens is 367 g/mol. The second kappa shape index (κ2) is 7.97. The van der Waals surface area contributed by atoms with Crippen LogP contribution in [0.5, 0.6) is 5.75 Å². The minimum atomic E-state index is -0.874. The van der Waals surface area contributed by atoms with Gasteiger partial charge in [-0.2, -0.15) is 5.10 Å². The van der Waals surface area contributed by atoms with Gasteiger partial charge in [-0.15, -0.1) is 0 Å². The summed E-state index contributed by atoms with van der Waals surface area (Å²) in [5.41, 5.74) is 1.08. The van der Waals surface area contributed by atoms with Crippen LogP contribution in [0.4, 0.5) is 4.39 Å². The number of carboxylic acid groups (broad SMARTS) is 1. The number of hydrogen-bond acceptors (Lipinski definition) is 5. The van der Waals surface area contributed by atoms with E-state index in [2.05, 4.69) is 10.4 Å². The Morgan fingerprint density at radius 2 is 2.11 bits per heavy atom. The number of nitrogens with one attached hydrogen (secondary N) is 1. The van der Waals surface area contributed by atoms with Crippen molar-refractivity contribution in [3.63, 3.8) is 0 Å². The predicted molar refractivity (Wildman–Crippen MR) is 99.1 cm³/mol. The van der Waals surface area contributed by atoms with Crippen molar-refractivity contribution in [3.05, 3.63) is 41.5 Å². The first-order valence-corrected chi connectivity index (χ1v) is 9.10. The van der Waals surface area contributed by atoms with Crippen molar-refractivity contribution < 1.29 is 24.2 Å². The van der Waals surface area contributed by atoms with Crippen molar-refractivity contribution in [2.75, 3.05) is 13.1 Å².